The Kier molecular flexibility index (Phi) is 7.90. The van der Waals surface area contributed by atoms with Crippen LogP contribution in [0.4, 0.5) is 0 Å². The van der Waals surface area contributed by atoms with Crippen molar-refractivity contribution in [2.24, 2.45) is 5.41 Å². The number of nitrogens with zero attached hydrogens (tertiary/aromatic N) is 2. The summed E-state index contributed by atoms with van der Waals surface area (Å²) in [5.74, 6) is 0. The van der Waals surface area contributed by atoms with E-state index in [1.165, 1.54) is 37.7 Å². The molecule has 1 aromatic heterocycles. The van der Waals surface area contributed by atoms with Crippen LogP contribution in [0.3, 0.4) is 0 Å². The zero-order chi connectivity index (χ0) is 14.8. The molecule has 0 aliphatic heterocycles. The molecule has 0 spiro atoms. The summed E-state index contributed by atoms with van der Waals surface area (Å²) in [5.41, 5.74) is 1.79. The molecule has 0 radical (unpaired) electrons. The number of hydrogen-bond donors (Lipinski definition) is 1. The standard InChI is InChI=1S/C17H33N3/c1-5-9-10-17(7-3,15-18-11-6-2)12-16-13-19-20(8-4)14-16/h13-14,18H,5-12,15H2,1-4H3. The van der Waals surface area contributed by atoms with E-state index in [2.05, 4.69) is 50.5 Å². The second kappa shape index (κ2) is 9.17. The monoisotopic (exact) mass is 279 g/mol. The quantitative estimate of drug-likeness (QED) is 0.620. The van der Waals surface area contributed by atoms with Gasteiger partial charge in [0.05, 0.1) is 6.20 Å². The highest BCUT2D eigenvalue weighted by Gasteiger charge is 2.28. The maximum absolute atomic E-state index is 4.43. The second-order valence-corrected chi connectivity index (χ2v) is 6.01. The van der Waals surface area contributed by atoms with E-state index in [4.69, 9.17) is 0 Å². The molecular weight excluding hydrogens is 246 g/mol. The average molecular weight is 279 g/mol. The number of unbranched alkanes of at least 4 members (excludes halogenated alkanes) is 1. The predicted molar refractivity (Wildman–Crippen MR) is 87.0 cm³/mol. The van der Waals surface area contributed by atoms with E-state index >= 15 is 0 Å². The molecule has 0 aliphatic rings. The van der Waals surface area contributed by atoms with Gasteiger partial charge in [-0.2, -0.15) is 5.10 Å². The number of hydrogen-bond acceptors (Lipinski definition) is 2. The molecule has 0 saturated heterocycles. The van der Waals surface area contributed by atoms with Crippen LogP contribution in [-0.2, 0) is 13.0 Å². The third-order valence-electron chi connectivity index (χ3n) is 4.33. The van der Waals surface area contributed by atoms with Gasteiger partial charge in [-0.25, -0.2) is 0 Å². The van der Waals surface area contributed by atoms with Gasteiger partial charge in [-0.3, -0.25) is 4.68 Å². The molecule has 0 aliphatic carbocycles. The van der Waals surface area contributed by atoms with E-state index in [0.29, 0.717) is 5.41 Å². The molecule has 0 saturated carbocycles. The minimum absolute atomic E-state index is 0.396. The average Bonchev–Trinajstić information content (AvgIpc) is 2.92. The van der Waals surface area contributed by atoms with Gasteiger partial charge in [0.1, 0.15) is 0 Å². The third-order valence-corrected chi connectivity index (χ3v) is 4.33. The number of rotatable bonds is 11. The number of aryl methyl sites for hydroxylation is 1. The maximum atomic E-state index is 4.43. The van der Waals surface area contributed by atoms with Crippen LogP contribution in [0, 0.1) is 5.41 Å². The first-order valence-corrected chi connectivity index (χ1v) is 8.41. The lowest BCUT2D eigenvalue weighted by Gasteiger charge is -2.33. The third kappa shape index (κ3) is 5.28. The van der Waals surface area contributed by atoms with E-state index in [1.54, 1.807) is 0 Å². The molecule has 0 fully saturated rings. The van der Waals surface area contributed by atoms with E-state index in [0.717, 1.165) is 26.1 Å². The Morgan fingerprint density at radius 2 is 2.00 bits per heavy atom. The summed E-state index contributed by atoms with van der Waals surface area (Å²) in [4.78, 5) is 0. The fourth-order valence-corrected chi connectivity index (χ4v) is 2.85. The van der Waals surface area contributed by atoms with Crippen molar-refractivity contribution in [3.63, 3.8) is 0 Å². The highest BCUT2D eigenvalue weighted by Crippen LogP contribution is 2.32. The molecule has 1 aromatic rings. The van der Waals surface area contributed by atoms with Crippen molar-refractivity contribution in [3.8, 4) is 0 Å². The van der Waals surface area contributed by atoms with Crippen molar-refractivity contribution in [1.82, 2.24) is 15.1 Å². The molecule has 3 nitrogen and oxygen atoms in total. The second-order valence-electron chi connectivity index (χ2n) is 6.01. The van der Waals surface area contributed by atoms with Gasteiger partial charge in [-0.1, -0.05) is 33.6 Å². The summed E-state index contributed by atoms with van der Waals surface area (Å²) in [5, 5.41) is 8.08. The lowest BCUT2D eigenvalue weighted by molar-refractivity contribution is 0.229. The minimum atomic E-state index is 0.396. The van der Waals surface area contributed by atoms with Crippen LogP contribution in [0.5, 0.6) is 0 Å². The van der Waals surface area contributed by atoms with Crippen LogP contribution < -0.4 is 5.32 Å². The van der Waals surface area contributed by atoms with E-state index in [-0.39, 0.29) is 0 Å². The summed E-state index contributed by atoms with van der Waals surface area (Å²) >= 11 is 0. The van der Waals surface area contributed by atoms with Gasteiger partial charge in [0.25, 0.3) is 0 Å². The molecule has 1 atom stereocenters. The van der Waals surface area contributed by atoms with Gasteiger partial charge in [0, 0.05) is 19.3 Å². The van der Waals surface area contributed by atoms with Crippen molar-refractivity contribution in [2.75, 3.05) is 13.1 Å². The van der Waals surface area contributed by atoms with Gasteiger partial charge in [-0.05, 0) is 50.1 Å². The summed E-state index contributed by atoms with van der Waals surface area (Å²) in [6.07, 6.45) is 11.8. The molecular formula is C17H33N3. The Morgan fingerprint density at radius 1 is 1.20 bits per heavy atom. The Bertz CT molecular complexity index is 359. The van der Waals surface area contributed by atoms with Crippen LogP contribution in [-0.4, -0.2) is 22.9 Å². The van der Waals surface area contributed by atoms with Crippen LogP contribution in [0.25, 0.3) is 0 Å². The lowest BCUT2D eigenvalue weighted by Crippen LogP contribution is -2.36. The first-order chi connectivity index (χ1) is 9.69. The van der Waals surface area contributed by atoms with Crippen molar-refractivity contribution in [1.29, 1.82) is 0 Å². The van der Waals surface area contributed by atoms with Gasteiger partial charge in [0.2, 0.25) is 0 Å². The van der Waals surface area contributed by atoms with Crippen molar-refractivity contribution < 1.29 is 0 Å². The fraction of sp³-hybridized carbons (Fsp3) is 0.824. The highest BCUT2D eigenvalue weighted by atomic mass is 15.3. The topological polar surface area (TPSA) is 29.9 Å². The predicted octanol–water partition coefficient (Wildman–Crippen LogP) is 4.03. The Morgan fingerprint density at radius 3 is 2.55 bits per heavy atom. The fourth-order valence-electron chi connectivity index (χ4n) is 2.85. The minimum Gasteiger partial charge on any atom is -0.316 e. The van der Waals surface area contributed by atoms with Crippen LogP contribution in [0.2, 0.25) is 0 Å². The molecule has 1 N–H and O–H groups in total. The molecule has 0 aromatic carbocycles. The Balaban J connectivity index is 2.72. The SMILES string of the molecule is CCCCC(CC)(CNCCC)Cc1cnn(CC)c1. The number of nitrogens with one attached hydrogen (secondary N) is 1. The Labute approximate surface area is 125 Å². The lowest BCUT2D eigenvalue weighted by atomic mass is 9.75. The maximum Gasteiger partial charge on any atom is 0.0521 e. The summed E-state index contributed by atoms with van der Waals surface area (Å²) in [7, 11) is 0. The summed E-state index contributed by atoms with van der Waals surface area (Å²) < 4.78 is 2.04. The molecule has 1 unspecified atom stereocenters. The smallest absolute Gasteiger partial charge is 0.0521 e. The van der Waals surface area contributed by atoms with Crippen molar-refractivity contribution in [3.05, 3.63) is 18.0 Å². The van der Waals surface area contributed by atoms with E-state index in [1.807, 2.05) is 4.68 Å². The van der Waals surface area contributed by atoms with E-state index in [9.17, 15) is 0 Å². The number of aromatic nitrogens is 2. The van der Waals surface area contributed by atoms with Gasteiger partial charge in [0.15, 0.2) is 0 Å². The summed E-state index contributed by atoms with van der Waals surface area (Å²) in [6, 6.07) is 0. The molecule has 20 heavy (non-hydrogen) atoms. The molecule has 0 amide bonds. The zero-order valence-corrected chi connectivity index (χ0v) is 13.9. The summed E-state index contributed by atoms with van der Waals surface area (Å²) in [6.45, 7) is 12.2. The van der Waals surface area contributed by atoms with Crippen molar-refractivity contribution >= 4 is 0 Å². The highest BCUT2D eigenvalue weighted by molar-refractivity contribution is 5.08. The van der Waals surface area contributed by atoms with Gasteiger partial charge >= 0.3 is 0 Å². The van der Waals surface area contributed by atoms with Crippen molar-refractivity contribution in [2.45, 2.75) is 72.8 Å². The molecule has 116 valence electrons. The molecule has 0 bridgehead atoms. The van der Waals surface area contributed by atoms with E-state index < -0.39 is 0 Å². The molecule has 1 heterocycles. The Hall–Kier alpha value is -0.830. The largest absolute Gasteiger partial charge is 0.316 e. The first-order valence-electron chi connectivity index (χ1n) is 8.41. The molecule has 1 rings (SSSR count). The van der Waals surface area contributed by atoms with Crippen LogP contribution in [0.15, 0.2) is 12.4 Å². The molecule has 3 heteroatoms. The normalized spacial score (nSPS) is 14.4. The zero-order valence-electron chi connectivity index (χ0n) is 13.9. The first kappa shape index (κ1) is 17.2. The van der Waals surface area contributed by atoms with Gasteiger partial charge < -0.3 is 5.32 Å². The van der Waals surface area contributed by atoms with Gasteiger partial charge in [-0.15, -0.1) is 0 Å². The van der Waals surface area contributed by atoms with Crippen LogP contribution in [0.1, 0.15) is 65.4 Å². The van der Waals surface area contributed by atoms with Crippen LogP contribution >= 0.6 is 0 Å².